The number of benzene rings is 1. The average molecular weight is 311 g/mol. The second kappa shape index (κ2) is 4.63. The molecule has 2 aromatic heterocycles. The molecule has 0 saturated carbocycles. The fourth-order valence-corrected chi connectivity index (χ4v) is 3.17. The number of hydrogen-bond donors (Lipinski definition) is 2. The second-order valence-corrected chi connectivity index (χ2v) is 5.50. The first-order valence-corrected chi connectivity index (χ1v) is 6.70. The first kappa shape index (κ1) is 13.7. The molecule has 0 fully saturated rings. The molecule has 0 amide bonds. The molecule has 7 heteroatoms. The van der Waals surface area contributed by atoms with Crippen molar-refractivity contribution in [3.05, 3.63) is 47.7 Å². The van der Waals surface area contributed by atoms with Gasteiger partial charge in [-0.3, -0.25) is 0 Å². The van der Waals surface area contributed by atoms with Crippen LogP contribution in [0.1, 0.15) is 16.1 Å². The highest BCUT2D eigenvalue weighted by molar-refractivity contribution is 7.22. The van der Waals surface area contributed by atoms with E-state index < -0.39 is 17.7 Å². The predicted molar refractivity (Wildman–Crippen MR) is 73.6 cm³/mol. The summed E-state index contributed by atoms with van der Waals surface area (Å²) < 4.78 is 39.4. The monoisotopic (exact) mass is 311 g/mol. The Kier molecular flexibility index (Phi) is 3.02. The van der Waals surface area contributed by atoms with Gasteiger partial charge in [0.05, 0.1) is 16.1 Å². The van der Waals surface area contributed by atoms with Crippen LogP contribution < -0.4 is 0 Å². The summed E-state index contributed by atoms with van der Waals surface area (Å²) in [6, 6.07) is 8.37. The van der Waals surface area contributed by atoms with Gasteiger partial charge in [0.25, 0.3) is 0 Å². The van der Waals surface area contributed by atoms with Gasteiger partial charge in [-0.1, -0.05) is 6.07 Å². The largest absolute Gasteiger partial charge is 0.477 e. The zero-order valence-electron chi connectivity index (χ0n) is 10.4. The molecular weight excluding hydrogens is 303 g/mol. The third-order valence-electron chi connectivity index (χ3n) is 3.05. The number of rotatable bonds is 2. The molecule has 0 aliphatic heterocycles. The van der Waals surface area contributed by atoms with Crippen molar-refractivity contribution in [3.63, 3.8) is 0 Å². The maximum atomic E-state index is 13.0. The van der Waals surface area contributed by atoms with Crippen LogP contribution >= 0.6 is 11.3 Å². The number of aromatic amines is 1. The number of carboxylic acid groups (broad SMARTS) is 1. The SMILES string of the molecule is O=C(O)c1ccc(-c2cc3c(C(F)(F)F)cccc3s2)[nH]1. The van der Waals surface area contributed by atoms with Crippen LogP contribution in [-0.2, 0) is 6.18 Å². The Bertz CT molecular complexity index is 832. The third-order valence-corrected chi connectivity index (χ3v) is 4.18. The van der Waals surface area contributed by atoms with Crippen molar-refractivity contribution in [2.75, 3.05) is 0 Å². The summed E-state index contributed by atoms with van der Waals surface area (Å²) in [4.78, 5) is 14.1. The van der Waals surface area contributed by atoms with Crippen LogP contribution in [0.15, 0.2) is 36.4 Å². The number of aromatic nitrogens is 1. The molecule has 0 spiro atoms. The summed E-state index contributed by atoms with van der Waals surface area (Å²) >= 11 is 1.18. The van der Waals surface area contributed by atoms with E-state index in [4.69, 9.17) is 5.11 Å². The quantitative estimate of drug-likeness (QED) is 0.726. The first-order valence-electron chi connectivity index (χ1n) is 5.88. The van der Waals surface area contributed by atoms with Gasteiger partial charge in [0.1, 0.15) is 5.69 Å². The zero-order chi connectivity index (χ0) is 15.2. The maximum Gasteiger partial charge on any atom is 0.417 e. The summed E-state index contributed by atoms with van der Waals surface area (Å²) in [6.45, 7) is 0. The molecule has 3 aromatic rings. The van der Waals surface area contributed by atoms with Crippen LogP contribution in [0, 0.1) is 0 Å². The molecule has 108 valence electrons. The van der Waals surface area contributed by atoms with Gasteiger partial charge in [-0.2, -0.15) is 13.2 Å². The van der Waals surface area contributed by atoms with E-state index in [1.807, 2.05) is 0 Å². The molecule has 3 rings (SSSR count). The summed E-state index contributed by atoms with van der Waals surface area (Å²) in [5.74, 6) is -1.11. The van der Waals surface area contributed by atoms with Gasteiger partial charge in [-0.05, 0) is 30.3 Å². The van der Waals surface area contributed by atoms with Crippen LogP contribution in [0.5, 0.6) is 0 Å². The van der Waals surface area contributed by atoms with Crippen molar-refractivity contribution < 1.29 is 23.1 Å². The number of hydrogen-bond acceptors (Lipinski definition) is 2. The van der Waals surface area contributed by atoms with Gasteiger partial charge in [0.2, 0.25) is 0 Å². The van der Waals surface area contributed by atoms with Crippen molar-refractivity contribution in [1.29, 1.82) is 0 Å². The van der Waals surface area contributed by atoms with Gasteiger partial charge < -0.3 is 10.1 Å². The van der Waals surface area contributed by atoms with E-state index in [0.29, 0.717) is 15.3 Å². The lowest BCUT2D eigenvalue weighted by atomic mass is 10.1. The van der Waals surface area contributed by atoms with E-state index in [-0.39, 0.29) is 11.1 Å². The molecule has 2 N–H and O–H groups in total. The molecule has 0 atom stereocenters. The van der Waals surface area contributed by atoms with Gasteiger partial charge in [0, 0.05) is 10.1 Å². The highest BCUT2D eigenvalue weighted by atomic mass is 32.1. The minimum absolute atomic E-state index is 0.00139. The van der Waals surface area contributed by atoms with E-state index in [1.165, 1.54) is 29.5 Å². The molecular formula is C14H8F3NO2S. The van der Waals surface area contributed by atoms with Crippen molar-refractivity contribution in [2.24, 2.45) is 0 Å². The smallest absolute Gasteiger partial charge is 0.417 e. The van der Waals surface area contributed by atoms with E-state index in [9.17, 15) is 18.0 Å². The number of alkyl halides is 3. The van der Waals surface area contributed by atoms with Gasteiger partial charge in [-0.25, -0.2) is 4.79 Å². The Morgan fingerprint density at radius 2 is 1.95 bits per heavy atom. The van der Waals surface area contributed by atoms with Gasteiger partial charge in [-0.15, -0.1) is 11.3 Å². The summed E-state index contributed by atoms with van der Waals surface area (Å²) in [5, 5.41) is 8.98. The van der Waals surface area contributed by atoms with Crippen LogP contribution in [0.4, 0.5) is 13.2 Å². The molecule has 0 unspecified atom stereocenters. The lowest BCUT2D eigenvalue weighted by Crippen LogP contribution is -2.04. The molecule has 0 bridgehead atoms. The Hall–Kier alpha value is -2.28. The normalized spacial score (nSPS) is 12.0. The minimum atomic E-state index is -4.42. The Labute approximate surface area is 120 Å². The Balaban J connectivity index is 2.15. The van der Waals surface area contributed by atoms with E-state index in [1.54, 1.807) is 12.1 Å². The average Bonchev–Trinajstić information content (AvgIpc) is 3.03. The van der Waals surface area contributed by atoms with Crippen molar-refractivity contribution in [3.8, 4) is 10.6 Å². The van der Waals surface area contributed by atoms with Crippen LogP contribution in [0.2, 0.25) is 0 Å². The van der Waals surface area contributed by atoms with Crippen molar-refractivity contribution in [2.45, 2.75) is 6.18 Å². The first-order chi connectivity index (χ1) is 9.86. The fraction of sp³-hybridized carbons (Fsp3) is 0.0714. The van der Waals surface area contributed by atoms with E-state index in [2.05, 4.69) is 4.98 Å². The lowest BCUT2D eigenvalue weighted by Gasteiger charge is -2.06. The van der Waals surface area contributed by atoms with Crippen molar-refractivity contribution in [1.82, 2.24) is 4.98 Å². The molecule has 2 heterocycles. The molecule has 3 nitrogen and oxygen atoms in total. The van der Waals surface area contributed by atoms with Crippen LogP contribution in [0.3, 0.4) is 0 Å². The Morgan fingerprint density at radius 3 is 2.57 bits per heavy atom. The number of thiophene rings is 1. The predicted octanol–water partition coefficient (Wildman–Crippen LogP) is 4.61. The van der Waals surface area contributed by atoms with Crippen LogP contribution in [0.25, 0.3) is 20.7 Å². The molecule has 0 aliphatic rings. The third kappa shape index (κ3) is 2.40. The molecule has 0 aliphatic carbocycles. The minimum Gasteiger partial charge on any atom is -0.477 e. The van der Waals surface area contributed by atoms with Crippen LogP contribution in [-0.4, -0.2) is 16.1 Å². The highest BCUT2D eigenvalue weighted by Gasteiger charge is 2.32. The second-order valence-electron chi connectivity index (χ2n) is 4.42. The standard InChI is InChI=1S/C14H8F3NO2S/c15-14(16,17)8-2-1-3-11-7(8)6-12(21-11)9-4-5-10(18-9)13(19)20/h1-6,18H,(H,19,20). The lowest BCUT2D eigenvalue weighted by molar-refractivity contribution is -0.136. The number of fused-ring (bicyclic) bond motifs is 1. The maximum absolute atomic E-state index is 13.0. The summed E-state index contributed by atoms with van der Waals surface area (Å²) in [5.41, 5.74) is -0.201. The van der Waals surface area contributed by atoms with Crippen molar-refractivity contribution >= 4 is 27.4 Å². The fourth-order valence-electron chi connectivity index (χ4n) is 2.10. The summed E-state index contributed by atoms with van der Waals surface area (Å²) in [6.07, 6.45) is -4.42. The van der Waals surface area contributed by atoms with Gasteiger partial charge in [0.15, 0.2) is 0 Å². The number of aromatic carboxylic acids is 1. The topological polar surface area (TPSA) is 53.1 Å². The number of carbonyl (C=O) groups is 1. The number of nitrogens with one attached hydrogen (secondary N) is 1. The van der Waals surface area contributed by atoms with E-state index >= 15 is 0 Å². The summed E-state index contributed by atoms with van der Waals surface area (Å²) in [7, 11) is 0. The highest BCUT2D eigenvalue weighted by Crippen LogP contribution is 2.40. The molecule has 0 saturated heterocycles. The molecule has 21 heavy (non-hydrogen) atoms. The Morgan fingerprint density at radius 1 is 1.19 bits per heavy atom. The number of carboxylic acids is 1. The number of halogens is 3. The van der Waals surface area contributed by atoms with Gasteiger partial charge >= 0.3 is 12.1 Å². The molecule has 1 aromatic carbocycles. The zero-order valence-corrected chi connectivity index (χ0v) is 11.2. The number of H-pyrrole nitrogens is 1. The molecule has 0 radical (unpaired) electrons. The van der Waals surface area contributed by atoms with E-state index in [0.717, 1.165) is 6.07 Å².